The summed E-state index contributed by atoms with van der Waals surface area (Å²) in [7, 11) is -3.68. The highest BCUT2D eigenvalue weighted by Gasteiger charge is 2.14. The van der Waals surface area contributed by atoms with E-state index < -0.39 is 16.0 Å². The third-order valence-corrected chi connectivity index (χ3v) is 4.83. The van der Waals surface area contributed by atoms with Gasteiger partial charge in [0.25, 0.3) is 5.91 Å². The lowest BCUT2D eigenvalue weighted by atomic mass is 10.2. The van der Waals surface area contributed by atoms with Crippen molar-refractivity contribution in [2.45, 2.75) is 31.3 Å². The Hall–Kier alpha value is -2.91. The fraction of sp³-hybridized carbons (Fsp3) is 0.263. The van der Waals surface area contributed by atoms with Crippen molar-refractivity contribution in [2.75, 3.05) is 6.61 Å². The van der Waals surface area contributed by atoms with Gasteiger partial charge in [0.1, 0.15) is 5.76 Å². The van der Waals surface area contributed by atoms with Gasteiger partial charge in [0.2, 0.25) is 10.0 Å². The van der Waals surface area contributed by atoms with E-state index in [9.17, 15) is 18.0 Å². The molecule has 0 aliphatic heterocycles. The van der Waals surface area contributed by atoms with Crippen molar-refractivity contribution < 1.29 is 27.2 Å². The first-order valence-electron chi connectivity index (χ1n) is 8.52. The Morgan fingerprint density at radius 1 is 1.18 bits per heavy atom. The largest absolute Gasteiger partial charge is 0.468 e. The molecular weight excluding hydrogens is 384 g/mol. The number of carbonyl (C=O) groups excluding carboxylic acids is 2. The SMILES string of the molecule is CC(C)NC(=O)COC(=O)/C=C/c1ccc(S(=O)(=O)NCc2ccco2)cc1. The predicted molar refractivity (Wildman–Crippen MR) is 102 cm³/mol. The lowest BCUT2D eigenvalue weighted by Crippen LogP contribution is -2.33. The Morgan fingerprint density at radius 3 is 2.50 bits per heavy atom. The van der Waals surface area contributed by atoms with Crippen molar-refractivity contribution in [1.29, 1.82) is 0 Å². The van der Waals surface area contributed by atoms with Crippen LogP contribution in [-0.4, -0.2) is 32.9 Å². The number of carbonyl (C=O) groups is 2. The Bertz CT molecular complexity index is 916. The maximum Gasteiger partial charge on any atom is 0.331 e. The maximum atomic E-state index is 12.2. The summed E-state index contributed by atoms with van der Waals surface area (Å²) >= 11 is 0. The van der Waals surface area contributed by atoms with Gasteiger partial charge in [-0.05, 0) is 49.8 Å². The number of furan rings is 1. The van der Waals surface area contributed by atoms with E-state index in [0.29, 0.717) is 11.3 Å². The van der Waals surface area contributed by atoms with Gasteiger partial charge in [0.15, 0.2) is 6.61 Å². The minimum Gasteiger partial charge on any atom is -0.468 e. The number of hydrogen-bond acceptors (Lipinski definition) is 6. The fourth-order valence-corrected chi connectivity index (χ4v) is 3.13. The smallest absolute Gasteiger partial charge is 0.331 e. The van der Waals surface area contributed by atoms with Crippen molar-refractivity contribution in [3.63, 3.8) is 0 Å². The van der Waals surface area contributed by atoms with Crippen LogP contribution in [0.25, 0.3) is 6.08 Å². The molecule has 1 aromatic carbocycles. The molecule has 0 fully saturated rings. The zero-order valence-electron chi connectivity index (χ0n) is 15.5. The quantitative estimate of drug-likeness (QED) is 0.485. The highest BCUT2D eigenvalue weighted by molar-refractivity contribution is 7.89. The van der Waals surface area contributed by atoms with E-state index in [2.05, 4.69) is 10.0 Å². The number of amides is 1. The standard InChI is InChI=1S/C19H22N2O6S/c1-14(2)21-18(22)13-27-19(23)10-7-15-5-8-17(9-6-15)28(24,25)20-12-16-4-3-11-26-16/h3-11,14,20H,12-13H2,1-2H3,(H,21,22)/b10-7+. The first-order valence-corrected chi connectivity index (χ1v) is 10.0. The number of sulfonamides is 1. The van der Waals surface area contributed by atoms with E-state index in [-0.39, 0.29) is 30.0 Å². The van der Waals surface area contributed by atoms with Crippen LogP contribution in [0.1, 0.15) is 25.2 Å². The van der Waals surface area contributed by atoms with E-state index in [0.717, 1.165) is 0 Å². The zero-order valence-corrected chi connectivity index (χ0v) is 16.4. The number of esters is 1. The average molecular weight is 406 g/mol. The Balaban J connectivity index is 1.88. The van der Waals surface area contributed by atoms with Crippen molar-refractivity contribution in [1.82, 2.24) is 10.0 Å². The van der Waals surface area contributed by atoms with Crippen LogP contribution < -0.4 is 10.0 Å². The third kappa shape index (κ3) is 7.01. The van der Waals surface area contributed by atoms with Gasteiger partial charge < -0.3 is 14.5 Å². The summed E-state index contributed by atoms with van der Waals surface area (Å²) in [5, 5.41) is 2.60. The van der Waals surface area contributed by atoms with Crippen LogP contribution in [0.2, 0.25) is 0 Å². The van der Waals surface area contributed by atoms with Crippen LogP contribution in [-0.2, 0) is 30.9 Å². The number of rotatable bonds is 9. The summed E-state index contributed by atoms with van der Waals surface area (Å²) < 4.78 is 36.8. The molecule has 0 unspecified atom stereocenters. The lowest BCUT2D eigenvalue weighted by Gasteiger charge is -2.07. The summed E-state index contributed by atoms with van der Waals surface area (Å²) in [4.78, 5) is 23.1. The van der Waals surface area contributed by atoms with E-state index in [1.54, 1.807) is 38.1 Å². The molecule has 0 saturated heterocycles. The van der Waals surface area contributed by atoms with Crippen LogP contribution >= 0.6 is 0 Å². The summed E-state index contributed by atoms with van der Waals surface area (Å²) in [5.41, 5.74) is 0.605. The number of hydrogen-bond donors (Lipinski definition) is 2. The van der Waals surface area contributed by atoms with Gasteiger partial charge in [-0.3, -0.25) is 4.79 Å². The van der Waals surface area contributed by atoms with Gasteiger partial charge in [-0.15, -0.1) is 0 Å². The summed E-state index contributed by atoms with van der Waals surface area (Å²) in [6, 6.07) is 9.25. The van der Waals surface area contributed by atoms with Gasteiger partial charge in [0.05, 0.1) is 17.7 Å². The third-order valence-electron chi connectivity index (χ3n) is 3.41. The van der Waals surface area contributed by atoms with Gasteiger partial charge >= 0.3 is 5.97 Å². The molecule has 2 aromatic rings. The molecule has 1 amide bonds. The summed E-state index contributed by atoms with van der Waals surface area (Å²) in [6.07, 6.45) is 4.10. The molecule has 0 spiro atoms. The zero-order chi connectivity index (χ0) is 20.6. The molecule has 8 nitrogen and oxygen atoms in total. The van der Waals surface area contributed by atoms with Gasteiger partial charge in [-0.1, -0.05) is 12.1 Å². The van der Waals surface area contributed by atoms with Gasteiger partial charge in [-0.25, -0.2) is 17.9 Å². The normalized spacial score (nSPS) is 11.7. The molecule has 0 atom stereocenters. The summed E-state index contributed by atoms with van der Waals surface area (Å²) in [5.74, 6) is -0.548. The van der Waals surface area contributed by atoms with E-state index in [1.165, 1.54) is 30.5 Å². The average Bonchev–Trinajstić information content (AvgIpc) is 3.17. The van der Waals surface area contributed by atoms with E-state index in [4.69, 9.17) is 9.15 Å². The Labute approximate surface area is 163 Å². The molecule has 1 heterocycles. The Morgan fingerprint density at radius 2 is 1.89 bits per heavy atom. The molecular formula is C19H22N2O6S. The minimum absolute atomic E-state index is 0.0369. The molecule has 28 heavy (non-hydrogen) atoms. The molecule has 0 bridgehead atoms. The van der Waals surface area contributed by atoms with Crippen molar-refractivity contribution >= 4 is 28.0 Å². The molecule has 0 aliphatic carbocycles. The maximum absolute atomic E-state index is 12.2. The fourth-order valence-electron chi connectivity index (χ4n) is 2.13. The number of nitrogens with one attached hydrogen (secondary N) is 2. The van der Waals surface area contributed by atoms with Crippen LogP contribution in [0, 0.1) is 0 Å². The lowest BCUT2D eigenvalue weighted by molar-refractivity contribution is -0.143. The second-order valence-corrected chi connectivity index (χ2v) is 7.90. The first kappa shape index (κ1) is 21.4. The molecule has 1 aromatic heterocycles. The predicted octanol–water partition coefficient (Wildman–Crippen LogP) is 1.84. The number of benzene rings is 1. The molecule has 2 rings (SSSR count). The summed E-state index contributed by atoms with van der Waals surface area (Å²) in [6.45, 7) is 3.29. The highest BCUT2D eigenvalue weighted by Crippen LogP contribution is 2.12. The minimum atomic E-state index is -3.68. The second kappa shape index (κ2) is 9.86. The molecule has 2 N–H and O–H groups in total. The van der Waals surface area contributed by atoms with Crippen molar-refractivity contribution in [2.24, 2.45) is 0 Å². The van der Waals surface area contributed by atoms with Gasteiger partial charge in [0, 0.05) is 12.1 Å². The van der Waals surface area contributed by atoms with Crippen LogP contribution in [0.3, 0.4) is 0 Å². The van der Waals surface area contributed by atoms with Crippen LogP contribution in [0.5, 0.6) is 0 Å². The number of ether oxygens (including phenoxy) is 1. The molecule has 0 radical (unpaired) electrons. The first-order chi connectivity index (χ1) is 13.3. The van der Waals surface area contributed by atoms with Gasteiger partial charge in [-0.2, -0.15) is 0 Å². The van der Waals surface area contributed by atoms with Crippen LogP contribution in [0.15, 0.2) is 58.1 Å². The second-order valence-electron chi connectivity index (χ2n) is 6.14. The van der Waals surface area contributed by atoms with E-state index >= 15 is 0 Å². The topological polar surface area (TPSA) is 115 Å². The Kier molecular flexibility index (Phi) is 7.53. The molecule has 150 valence electrons. The molecule has 0 aliphatic rings. The van der Waals surface area contributed by atoms with Crippen molar-refractivity contribution in [3.8, 4) is 0 Å². The highest BCUT2D eigenvalue weighted by atomic mass is 32.2. The van der Waals surface area contributed by atoms with Crippen LogP contribution in [0.4, 0.5) is 0 Å². The molecule has 0 saturated carbocycles. The molecule has 9 heteroatoms. The van der Waals surface area contributed by atoms with Crippen molar-refractivity contribution in [3.05, 3.63) is 60.1 Å². The van der Waals surface area contributed by atoms with E-state index in [1.807, 2.05) is 0 Å². The monoisotopic (exact) mass is 406 g/mol.